The highest BCUT2D eigenvalue weighted by atomic mass is 32.2. The number of nitrogens with zero attached hydrogens (tertiary/aromatic N) is 3. The average Bonchev–Trinajstić information content (AvgIpc) is 3.35. The second-order valence-electron chi connectivity index (χ2n) is 7.83. The minimum absolute atomic E-state index is 0.0678. The van der Waals surface area contributed by atoms with Gasteiger partial charge >= 0.3 is 0 Å². The van der Waals surface area contributed by atoms with E-state index in [2.05, 4.69) is 10.1 Å². The van der Waals surface area contributed by atoms with E-state index in [1.165, 1.54) is 4.90 Å². The van der Waals surface area contributed by atoms with Crippen LogP contribution in [0.25, 0.3) is 0 Å². The van der Waals surface area contributed by atoms with Crippen LogP contribution in [0.1, 0.15) is 69.1 Å². The first-order valence-electron chi connectivity index (χ1n) is 9.54. The molecule has 2 N–H and O–H groups in total. The fraction of sp³-hybridized carbons (Fsp3) is 0.778. The quantitative estimate of drug-likeness (QED) is 0.785. The molecule has 2 saturated carbocycles. The van der Waals surface area contributed by atoms with E-state index in [4.69, 9.17) is 10.3 Å². The molecule has 3 unspecified atom stereocenters. The second-order valence-corrected chi connectivity index (χ2v) is 8.75. The number of thioether (sulfide) groups is 1. The van der Waals surface area contributed by atoms with Crippen LogP contribution in [0.5, 0.6) is 0 Å². The van der Waals surface area contributed by atoms with Crippen LogP contribution < -0.4 is 5.73 Å². The molecule has 1 aliphatic heterocycles. The van der Waals surface area contributed by atoms with Gasteiger partial charge in [-0.2, -0.15) is 16.7 Å². The number of rotatable bonds is 5. The Kier molecular flexibility index (Phi) is 4.81. The van der Waals surface area contributed by atoms with E-state index in [1.807, 2.05) is 6.26 Å². The Morgan fingerprint density at radius 2 is 1.81 bits per heavy atom. The molecule has 2 amide bonds. The molecule has 2 heterocycles. The van der Waals surface area contributed by atoms with E-state index in [0.717, 1.165) is 51.4 Å². The fourth-order valence-corrected chi connectivity index (χ4v) is 5.32. The smallest absolute Gasteiger partial charge is 0.250 e. The molecular weight excluding hydrogens is 352 g/mol. The van der Waals surface area contributed by atoms with E-state index in [9.17, 15) is 9.59 Å². The van der Waals surface area contributed by atoms with Crippen molar-refractivity contribution in [3.05, 3.63) is 11.7 Å². The number of amides is 2. The van der Waals surface area contributed by atoms with Crippen LogP contribution in [0.15, 0.2) is 4.52 Å². The van der Waals surface area contributed by atoms with Gasteiger partial charge in [0.2, 0.25) is 11.8 Å². The molecule has 1 saturated heterocycles. The van der Waals surface area contributed by atoms with E-state index in [-0.39, 0.29) is 23.7 Å². The van der Waals surface area contributed by atoms with Crippen molar-refractivity contribution in [1.82, 2.24) is 15.0 Å². The lowest BCUT2D eigenvalue weighted by molar-refractivity contribution is -0.142. The van der Waals surface area contributed by atoms with Crippen LogP contribution in [-0.4, -0.2) is 38.9 Å². The summed E-state index contributed by atoms with van der Waals surface area (Å²) in [5.41, 5.74) is 5.89. The van der Waals surface area contributed by atoms with Crippen molar-refractivity contribution >= 4 is 23.6 Å². The van der Waals surface area contributed by atoms with Crippen molar-refractivity contribution in [3.63, 3.8) is 0 Å². The fourth-order valence-electron chi connectivity index (χ4n) is 4.71. The van der Waals surface area contributed by atoms with Crippen LogP contribution in [-0.2, 0) is 15.1 Å². The topological polar surface area (TPSA) is 102 Å². The van der Waals surface area contributed by atoms with Gasteiger partial charge < -0.3 is 10.3 Å². The van der Waals surface area contributed by atoms with E-state index >= 15 is 0 Å². The molecule has 142 valence electrons. The van der Waals surface area contributed by atoms with Gasteiger partial charge in [0.1, 0.15) is 6.04 Å². The lowest BCUT2D eigenvalue weighted by atomic mass is 9.81. The van der Waals surface area contributed by atoms with E-state index in [1.54, 1.807) is 11.8 Å². The number of aromatic nitrogens is 2. The molecule has 4 rings (SSSR count). The summed E-state index contributed by atoms with van der Waals surface area (Å²) in [6.45, 7) is 0. The van der Waals surface area contributed by atoms with Crippen molar-refractivity contribution in [2.24, 2.45) is 17.6 Å². The summed E-state index contributed by atoms with van der Waals surface area (Å²) < 4.78 is 5.52. The number of hydrogen-bond donors (Lipinski definition) is 1. The molecule has 8 heteroatoms. The van der Waals surface area contributed by atoms with Gasteiger partial charge in [0.05, 0.1) is 17.4 Å². The molecule has 3 atom stereocenters. The van der Waals surface area contributed by atoms with Gasteiger partial charge in [0.15, 0.2) is 5.82 Å². The maximum absolute atomic E-state index is 12.9. The summed E-state index contributed by atoms with van der Waals surface area (Å²) in [6.07, 6.45) is 9.38. The lowest BCUT2D eigenvalue weighted by Gasteiger charge is -2.23. The lowest BCUT2D eigenvalue weighted by Crippen LogP contribution is -2.37. The van der Waals surface area contributed by atoms with Gasteiger partial charge in [-0.05, 0) is 31.9 Å². The van der Waals surface area contributed by atoms with Gasteiger partial charge in [0.25, 0.3) is 5.89 Å². The summed E-state index contributed by atoms with van der Waals surface area (Å²) in [4.78, 5) is 31.9. The Hall–Kier alpha value is -1.41. The zero-order chi connectivity index (χ0) is 18.3. The van der Waals surface area contributed by atoms with Crippen LogP contribution in [0.3, 0.4) is 0 Å². The maximum atomic E-state index is 12.9. The largest absolute Gasteiger partial charge is 0.337 e. The SMILES string of the molecule is CSCC(c1nc(C2(N)CCCC2)no1)N1C(=O)C2CCCCC2C1=O. The number of fused-ring (bicyclic) bond motifs is 1. The van der Waals surface area contributed by atoms with Crippen molar-refractivity contribution in [2.45, 2.75) is 62.9 Å². The van der Waals surface area contributed by atoms with Gasteiger partial charge in [0, 0.05) is 5.75 Å². The number of likely N-dealkylation sites (tertiary alicyclic amines) is 1. The number of hydrogen-bond acceptors (Lipinski definition) is 7. The highest BCUT2D eigenvalue weighted by molar-refractivity contribution is 7.98. The maximum Gasteiger partial charge on any atom is 0.250 e. The number of imide groups is 1. The molecule has 1 aromatic heterocycles. The molecule has 26 heavy (non-hydrogen) atoms. The molecule has 0 radical (unpaired) electrons. The molecule has 0 aromatic carbocycles. The summed E-state index contributed by atoms with van der Waals surface area (Å²) in [6, 6.07) is -0.498. The van der Waals surface area contributed by atoms with E-state index < -0.39 is 11.6 Å². The minimum atomic E-state index is -0.543. The predicted molar refractivity (Wildman–Crippen MR) is 97.1 cm³/mol. The summed E-state index contributed by atoms with van der Waals surface area (Å²) in [5.74, 6) is 0.927. The number of carbonyl (C=O) groups excluding carboxylic acids is 2. The zero-order valence-corrected chi connectivity index (χ0v) is 16.0. The standard InChI is InChI=1S/C18H26N4O3S/c1-26-10-13(14-20-17(21-25-14)18(19)8-4-5-9-18)22-15(23)11-6-2-3-7-12(11)16(22)24/h11-13H,2-10,19H2,1H3. The summed E-state index contributed by atoms with van der Waals surface area (Å²) in [5, 5.41) is 4.12. The Balaban J connectivity index is 1.63. The first kappa shape index (κ1) is 18.0. The Morgan fingerprint density at radius 3 is 2.38 bits per heavy atom. The van der Waals surface area contributed by atoms with Crippen LogP contribution >= 0.6 is 11.8 Å². The third-order valence-electron chi connectivity index (χ3n) is 6.18. The Labute approximate surface area is 157 Å². The molecule has 2 aliphatic carbocycles. The molecule has 3 fully saturated rings. The third-order valence-corrected chi connectivity index (χ3v) is 6.83. The normalized spacial score (nSPS) is 29.2. The van der Waals surface area contributed by atoms with Gasteiger partial charge in [-0.1, -0.05) is 30.8 Å². The van der Waals surface area contributed by atoms with Crippen LogP contribution in [0, 0.1) is 11.8 Å². The summed E-state index contributed by atoms with van der Waals surface area (Å²) >= 11 is 1.56. The zero-order valence-electron chi connectivity index (χ0n) is 15.1. The van der Waals surface area contributed by atoms with Crippen LogP contribution in [0.4, 0.5) is 0 Å². The predicted octanol–water partition coefficient (Wildman–Crippen LogP) is 2.38. The number of nitrogens with two attached hydrogens (primary N) is 1. The molecule has 7 nitrogen and oxygen atoms in total. The third kappa shape index (κ3) is 2.87. The average molecular weight is 378 g/mol. The first-order valence-corrected chi connectivity index (χ1v) is 10.9. The monoisotopic (exact) mass is 378 g/mol. The highest BCUT2D eigenvalue weighted by Crippen LogP contribution is 2.42. The van der Waals surface area contributed by atoms with Crippen LogP contribution in [0.2, 0.25) is 0 Å². The Morgan fingerprint density at radius 1 is 1.19 bits per heavy atom. The van der Waals surface area contributed by atoms with E-state index in [0.29, 0.717) is 17.5 Å². The molecule has 0 bridgehead atoms. The van der Waals surface area contributed by atoms with Crippen molar-refractivity contribution < 1.29 is 14.1 Å². The summed E-state index contributed by atoms with van der Waals surface area (Å²) in [7, 11) is 0. The van der Waals surface area contributed by atoms with Crippen molar-refractivity contribution in [1.29, 1.82) is 0 Å². The van der Waals surface area contributed by atoms with Crippen molar-refractivity contribution in [3.8, 4) is 0 Å². The van der Waals surface area contributed by atoms with Gasteiger partial charge in [-0.25, -0.2) is 0 Å². The second kappa shape index (κ2) is 6.96. The highest BCUT2D eigenvalue weighted by Gasteiger charge is 2.52. The molecule has 0 spiro atoms. The Bertz CT molecular complexity index is 676. The molecule has 1 aromatic rings. The minimum Gasteiger partial charge on any atom is -0.337 e. The molecular formula is C18H26N4O3S. The first-order chi connectivity index (χ1) is 12.5. The van der Waals surface area contributed by atoms with Gasteiger partial charge in [-0.3, -0.25) is 14.5 Å². The van der Waals surface area contributed by atoms with Gasteiger partial charge in [-0.15, -0.1) is 0 Å². The molecule has 3 aliphatic rings. The number of carbonyl (C=O) groups is 2. The van der Waals surface area contributed by atoms with Crippen molar-refractivity contribution in [2.75, 3.05) is 12.0 Å².